The summed E-state index contributed by atoms with van der Waals surface area (Å²) in [7, 11) is 0. The largest absolute Gasteiger partial charge is 0.392 e. The SMILES string of the molecule is CCC(N)(CC)C(=O)Nc1ccc(CO)cc1. The number of aliphatic hydroxyl groups is 1. The molecule has 0 saturated heterocycles. The Labute approximate surface area is 102 Å². The van der Waals surface area contributed by atoms with Gasteiger partial charge in [-0.25, -0.2) is 0 Å². The third-order valence-electron chi connectivity index (χ3n) is 3.11. The Hall–Kier alpha value is -1.39. The van der Waals surface area contributed by atoms with E-state index in [2.05, 4.69) is 5.32 Å². The highest BCUT2D eigenvalue weighted by Crippen LogP contribution is 2.16. The number of rotatable bonds is 5. The molecule has 0 bridgehead atoms. The summed E-state index contributed by atoms with van der Waals surface area (Å²) in [6.07, 6.45) is 1.20. The van der Waals surface area contributed by atoms with Crippen molar-refractivity contribution >= 4 is 11.6 Å². The van der Waals surface area contributed by atoms with Crippen LogP contribution in [0.5, 0.6) is 0 Å². The van der Waals surface area contributed by atoms with E-state index in [0.717, 1.165) is 5.56 Å². The van der Waals surface area contributed by atoms with Crippen LogP contribution in [0.3, 0.4) is 0 Å². The third-order valence-corrected chi connectivity index (χ3v) is 3.11. The quantitative estimate of drug-likeness (QED) is 0.727. The van der Waals surface area contributed by atoms with Crippen LogP contribution in [-0.4, -0.2) is 16.6 Å². The Morgan fingerprint density at radius 3 is 2.24 bits per heavy atom. The van der Waals surface area contributed by atoms with Crippen molar-refractivity contribution in [3.63, 3.8) is 0 Å². The lowest BCUT2D eigenvalue weighted by atomic mass is 9.93. The summed E-state index contributed by atoms with van der Waals surface area (Å²) in [4.78, 5) is 12.0. The van der Waals surface area contributed by atoms with Crippen LogP contribution in [-0.2, 0) is 11.4 Å². The van der Waals surface area contributed by atoms with Crippen molar-refractivity contribution in [2.24, 2.45) is 5.73 Å². The molecule has 0 aliphatic carbocycles. The molecule has 4 N–H and O–H groups in total. The molecule has 0 spiro atoms. The van der Waals surface area contributed by atoms with E-state index in [4.69, 9.17) is 10.8 Å². The zero-order valence-electron chi connectivity index (χ0n) is 10.4. The lowest BCUT2D eigenvalue weighted by Gasteiger charge is -2.25. The molecule has 1 amide bonds. The minimum atomic E-state index is -0.810. The number of aliphatic hydroxyl groups excluding tert-OH is 1. The molecule has 0 aromatic heterocycles. The number of anilines is 1. The monoisotopic (exact) mass is 236 g/mol. The van der Waals surface area contributed by atoms with Crippen LogP contribution < -0.4 is 11.1 Å². The summed E-state index contributed by atoms with van der Waals surface area (Å²) in [5.74, 6) is -0.167. The van der Waals surface area contributed by atoms with E-state index in [0.29, 0.717) is 18.5 Å². The zero-order valence-corrected chi connectivity index (χ0v) is 10.4. The molecule has 4 nitrogen and oxygen atoms in total. The van der Waals surface area contributed by atoms with Crippen LogP contribution in [0.15, 0.2) is 24.3 Å². The van der Waals surface area contributed by atoms with Crippen molar-refractivity contribution in [2.75, 3.05) is 5.32 Å². The minimum absolute atomic E-state index is 0.00102. The van der Waals surface area contributed by atoms with Crippen molar-refractivity contribution in [1.82, 2.24) is 0 Å². The molecule has 0 unspecified atom stereocenters. The number of nitrogens with two attached hydrogens (primary N) is 1. The van der Waals surface area contributed by atoms with Crippen molar-refractivity contribution in [3.8, 4) is 0 Å². The van der Waals surface area contributed by atoms with Crippen molar-refractivity contribution in [1.29, 1.82) is 0 Å². The fourth-order valence-electron chi connectivity index (χ4n) is 1.52. The average molecular weight is 236 g/mol. The standard InChI is InChI=1S/C13H20N2O2/c1-3-13(14,4-2)12(17)15-11-7-5-10(9-16)6-8-11/h5-8,16H,3-4,9,14H2,1-2H3,(H,15,17). The van der Waals surface area contributed by atoms with E-state index in [-0.39, 0.29) is 12.5 Å². The number of amides is 1. The van der Waals surface area contributed by atoms with E-state index in [1.54, 1.807) is 24.3 Å². The Balaban J connectivity index is 2.73. The molecule has 0 saturated carbocycles. The topological polar surface area (TPSA) is 75.4 Å². The van der Waals surface area contributed by atoms with E-state index in [1.165, 1.54) is 0 Å². The van der Waals surface area contributed by atoms with Crippen molar-refractivity contribution in [2.45, 2.75) is 38.8 Å². The van der Waals surface area contributed by atoms with Gasteiger partial charge >= 0.3 is 0 Å². The second kappa shape index (κ2) is 5.80. The summed E-state index contributed by atoms with van der Waals surface area (Å²) >= 11 is 0. The Morgan fingerprint density at radius 2 is 1.82 bits per heavy atom. The van der Waals surface area contributed by atoms with Crippen LogP contribution in [0.2, 0.25) is 0 Å². The summed E-state index contributed by atoms with van der Waals surface area (Å²) < 4.78 is 0. The number of hydrogen-bond donors (Lipinski definition) is 3. The van der Waals surface area contributed by atoms with Crippen molar-refractivity contribution < 1.29 is 9.90 Å². The maximum Gasteiger partial charge on any atom is 0.244 e. The second-order valence-electron chi connectivity index (χ2n) is 4.17. The maximum atomic E-state index is 12.0. The molecule has 0 fully saturated rings. The van der Waals surface area contributed by atoms with Crippen LogP contribution in [0.4, 0.5) is 5.69 Å². The number of carbonyl (C=O) groups is 1. The van der Waals surface area contributed by atoms with Crippen LogP contribution >= 0.6 is 0 Å². The third kappa shape index (κ3) is 3.28. The predicted octanol–water partition coefficient (Wildman–Crippen LogP) is 1.63. The van der Waals surface area contributed by atoms with Gasteiger partial charge in [0.15, 0.2) is 0 Å². The highest BCUT2D eigenvalue weighted by Gasteiger charge is 2.29. The molecular weight excluding hydrogens is 216 g/mol. The molecule has 0 heterocycles. The molecular formula is C13H20N2O2. The molecule has 1 aromatic carbocycles. The molecule has 0 aliphatic heterocycles. The summed E-state index contributed by atoms with van der Waals surface area (Å²) in [5.41, 5.74) is 6.69. The highest BCUT2D eigenvalue weighted by atomic mass is 16.3. The fraction of sp³-hybridized carbons (Fsp3) is 0.462. The van der Waals surface area contributed by atoms with Gasteiger partial charge < -0.3 is 16.2 Å². The Morgan fingerprint density at radius 1 is 1.29 bits per heavy atom. The first-order valence-electron chi connectivity index (χ1n) is 5.86. The normalized spacial score (nSPS) is 11.3. The van der Waals surface area contributed by atoms with Gasteiger partial charge in [-0.1, -0.05) is 26.0 Å². The molecule has 4 heteroatoms. The molecule has 1 rings (SSSR count). The first-order valence-corrected chi connectivity index (χ1v) is 5.86. The molecule has 0 aliphatic rings. The van der Waals surface area contributed by atoms with Crippen LogP contribution in [0.25, 0.3) is 0 Å². The molecule has 0 atom stereocenters. The van der Waals surface area contributed by atoms with E-state index in [9.17, 15) is 4.79 Å². The number of benzene rings is 1. The smallest absolute Gasteiger partial charge is 0.244 e. The van der Waals surface area contributed by atoms with Crippen molar-refractivity contribution in [3.05, 3.63) is 29.8 Å². The van der Waals surface area contributed by atoms with Gasteiger partial charge in [0.2, 0.25) is 5.91 Å². The van der Waals surface area contributed by atoms with E-state index in [1.807, 2.05) is 13.8 Å². The van der Waals surface area contributed by atoms with Gasteiger partial charge in [-0.2, -0.15) is 0 Å². The number of nitrogens with one attached hydrogen (secondary N) is 1. The van der Waals surface area contributed by atoms with Crippen LogP contribution in [0, 0.1) is 0 Å². The Bertz CT molecular complexity index is 370. The molecule has 0 radical (unpaired) electrons. The van der Waals surface area contributed by atoms with Gasteiger partial charge in [-0.05, 0) is 30.5 Å². The zero-order chi connectivity index (χ0) is 12.9. The molecule has 94 valence electrons. The van der Waals surface area contributed by atoms with Crippen LogP contribution in [0.1, 0.15) is 32.3 Å². The first kappa shape index (κ1) is 13.7. The summed E-state index contributed by atoms with van der Waals surface area (Å²) in [5, 5.41) is 11.7. The highest BCUT2D eigenvalue weighted by molar-refractivity contribution is 5.97. The maximum absolute atomic E-state index is 12.0. The first-order chi connectivity index (χ1) is 8.05. The van der Waals surface area contributed by atoms with Gasteiger partial charge in [0.05, 0.1) is 12.1 Å². The summed E-state index contributed by atoms with van der Waals surface area (Å²) in [6.45, 7) is 3.80. The lowest BCUT2D eigenvalue weighted by Crippen LogP contribution is -2.50. The minimum Gasteiger partial charge on any atom is -0.392 e. The van der Waals surface area contributed by atoms with E-state index < -0.39 is 5.54 Å². The predicted molar refractivity (Wildman–Crippen MR) is 68.5 cm³/mol. The van der Waals surface area contributed by atoms with Gasteiger partial charge in [-0.15, -0.1) is 0 Å². The van der Waals surface area contributed by atoms with Gasteiger partial charge in [0.25, 0.3) is 0 Å². The number of hydrogen-bond acceptors (Lipinski definition) is 3. The van der Waals surface area contributed by atoms with Gasteiger partial charge in [0, 0.05) is 5.69 Å². The molecule has 17 heavy (non-hydrogen) atoms. The summed E-state index contributed by atoms with van der Waals surface area (Å²) in [6, 6.07) is 7.06. The second-order valence-corrected chi connectivity index (χ2v) is 4.17. The Kier molecular flexibility index (Phi) is 4.66. The lowest BCUT2D eigenvalue weighted by molar-refractivity contribution is -0.121. The average Bonchev–Trinajstić information content (AvgIpc) is 2.38. The van der Waals surface area contributed by atoms with Gasteiger partial charge in [-0.3, -0.25) is 4.79 Å². The van der Waals surface area contributed by atoms with Gasteiger partial charge in [0.1, 0.15) is 0 Å². The number of carbonyl (C=O) groups excluding carboxylic acids is 1. The molecule has 1 aromatic rings. The van der Waals surface area contributed by atoms with E-state index >= 15 is 0 Å². The fourth-order valence-corrected chi connectivity index (χ4v) is 1.52.